The Labute approximate surface area is 341 Å². The van der Waals surface area contributed by atoms with Crippen LogP contribution in [0.15, 0.2) is 109 Å². The third-order valence-electron chi connectivity index (χ3n) is 9.17. The fraction of sp³-hybridized carbons (Fsp3) is 0.391. The number of carbonyl (C=O) groups is 4. The molecule has 0 saturated carbocycles. The van der Waals surface area contributed by atoms with Crippen LogP contribution in [0.5, 0.6) is 11.5 Å². The lowest BCUT2D eigenvalue weighted by Gasteiger charge is -2.20. The van der Waals surface area contributed by atoms with E-state index >= 15 is 0 Å². The van der Waals surface area contributed by atoms with Gasteiger partial charge in [-0.05, 0) is 61.6 Å². The van der Waals surface area contributed by atoms with Crippen molar-refractivity contribution in [3.63, 3.8) is 0 Å². The second-order valence-corrected chi connectivity index (χ2v) is 13.2. The quantitative estimate of drug-likeness (QED) is 0.0355. The Balaban J connectivity index is 0.938. The Kier molecular flexibility index (Phi) is 20.7. The SMILES string of the molecule is CCN(CCOc1ccc(C(=O)c2ccccc2)cc1)CCC(=O)OCCOCCOCCOC(=O)CCN(CC)CCOc1ccc(C(=O)c2ccccc2)cc1. The van der Waals surface area contributed by atoms with Crippen molar-refractivity contribution in [3.05, 3.63) is 131 Å². The van der Waals surface area contributed by atoms with E-state index in [1.165, 1.54) is 0 Å². The molecule has 0 radical (unpaired) electrons. The minimum atomic E-state index is -0.296. The number of hydrogen-bond acceptors (Lipinski definition) is 12. The fourth-order valence-electron chi connectivity index (χ4n) is 5.75. The summed E-state index contributed by atoms with van der Waals surface area (Å²) in [7, 11) is 0. The molecule has 4 aromatic carbocycles. The zero-order valence-corrected chi connectivity index (χ0v) is 33.7. The maximum absolute atomic E-state index is 12.6. The lowest BCUT2D eigenvalue weighted by Crippen LogP contribution is -2.31. The van der Waals surface area contributed by atoms with Crippen LogP contribution < -0.4 is 9.47 Å². The summed E-state index contributed by atoms with van der Waals surface area (Å²) in [5.74, 6) is 0.703. The molecule has 0 atom stereocenters. The smallest absolute Gasteiger partial charge is 0.307 e. The van der Waals surface area contributed by atoms with Gasteiger partial charge in [-0.15, -0.1) is 0 Å². The standard InChI is InChI=1S/C46H56N2O10/c1-3-47(27-29-55-41-19-15-39(16-20-41)45(51)37-11-7-5-8-12-37)25-23-43(49)57-35-33-53-31-32-54-34-36-58-44(50)24-26-48(4-2)28-30-56-42-21-17-40(18-22-42)46(52)38-13-9-6-10-14-38/h5-22H,3-4,23-36H2,1-2H3. The average molecular weight is 797 g/mol. The van der Waals surface area contributed by atoms with Crippen molar-refractivity contribution in [1.82, 2.24) is 9.80 Å². The number of hydrogen-bond donors (Lipinski definition) is 0. The van der Waals surface area contributed by atoms with Gasteiger partial charge in [-0.1, -0.05) is 74.5 Å². The van der Waals surface area contributed by atoms with Gasteiger partial charge in [0.15, 0.2) is 11.6 Å². The Morgan fingerprint density at radius 2 is 0.759 bits per heavy atom. The monoisotopic (exact) mass is 796 g/mol. The van der Waals surface area contributed by atoms with Gasteiger partial charge in [0, 0.05) is 48.4 Å². The molecule has 4 rings (SSSR count). The molecule has 0 aromatic heterocycles. The van der Waals surface area contributed by atoms with Crippen LogP contribution in [0.25, 0.3) is 0 Å². The van der Waals surface area contributed by atoms with Crippen LogP contribution in [0.3, 0.4) is 0 Å². The number of likely N-dealkylation sites (N-methyl/N-ethyl adjacent to an activating group) is 2. The third-order valence-corrected chi connectivity index (χ3v) is 9.17. The van der Waals surface area contributed by atoms with Gasteiger partial charge in [0.2, 0.25) is 0 Å². The molecule has 0 saturated heterocycles. The van der Waals surface area contributed by atoms with Gasteiger partial charge < -0.3 is 28.4 Å². The number of benzene rings is 4. The first-order chi connectivity index (χ1) is 28.4. The lowest BCUT2D eigenvalue weighted by molar-refractivity contribution is -0.147. The van der Waals surface area contributed by atoms with Crippen LogP contribution in [0.2, 0.25) is 0 Å². The van der Waals surface area contributed by atoms with E-state index in [1.807, 2.05) is 50.2 Å². The number of carbonyl (C=O) groups excluding carboxylic acids is 4. The second kappa shape index (κ2) is 26.5. The molecular weight excluding hydrogens is 741 g/mol. The van der Waals surface area contributed by atoms with Crippen LogP contribution in [0.1, 0.15) is 58.5 Å². The molecule has 0 N–H and O–H groups in total. The summed E-state index contributed by atoms with van der Waals surface area (Å²) in [4.78, 5) is 53.9. The first-order valence-electron chi connectivity index (χ1n) is 19.9. The molecule has 0 amide bonds. The number of ketones is 2. The predicted molar refractivity (Wildman–Crippen MR) is 221 cm³/mol. The molecule has 0 bridgehead atoms. The van der Waals surface area contributed by atoms with E-state index in [1.54, 1.807) is 72.8 Å². The van der Waals surface area contributed by atoms with Crippen molar-refractivity contribution in [3.8, 4) is 11.5 Å². The van der Waals surface area contributed by atoms with Gasteiger partial charge in [0.1, 0.15) is 37.9 Å². The molecule has 0 aliphatic rings. The first kappa shape index (κ1) is 45.3. The molecule has 0 fully saturated rings. The molecule has 0 aliphatic carbocycles. The van der Waals surface area contributed by atoms with Crippen LogP contribution in [0.4, 0.5) is 0 Å². The van der Waals surface area contributed by atoms with Crippen molar-refractivity contribution in [1.29, 1.82) is 0 Å². The Bertz CT molecular complexity index is 1650. The van der Waals surface area contributed by atoms with E-state index in [0.717, 1.165) is 13.1 Å². The molecule has 0 unspecified atom stereocenters. The van der Waals surface area contributed by atoms with Crippen LogP contribution in [0, 0.1) is 0 Å². The second-order valence-electron chi connectivity index (χ2n) is 13.2. The van der Waals surface area contributed by atoms with E-state index in [2.05, 4.69) is 9.80 Å². The highest BCUT2D eigenvalue weighted by Gasteiger charge is 2.12. The summed E-state index contributed by atoms with van der Waals surface area (Å²) < 4.78 is 33.3. The molecule has 4 aromatic rings. The highest BCUT2D eigenvalue weighted by Crippen LogP contribution is 2.17. The summed E-state index contributed by atoms with van der Waals surface area (Å²) >= 11 is 0. The predicted octanol–water partition coefficient (Wildman–Crippen LogP) is 6.15. The van der Waals surface area contributed by atoms with Gasteiger partial charge in [-0.25, -0.2) is 0 Å². The van der Waals surface area contributed by atoms with Gasteiger partial charge in [0.25, 0.3) is 0 Å². The number of rotatable bonds is 29. The molecule has 0 heterocycles. The zero-order chi connectivity index (χ0) is 41.2. The summed E-state index contributed by atoms with van der Waals surface area (Å²) in [6.45, 7) is 10.3. The normalized spacial score (nSPS) is 11.0. The highest BCUT2D eigenvalue weighted by molar-refractivity contribution is 6.09. The lowest BCUT2D eigenvalue weighted by atomic mass is 10.0. The maximum Gasteiger partial charge on any atom is 0.307 e. The van der Waals surface area contributed by atoms with E-state index in [4.69, 9.17) is 28.4 Å². The van der Waals surface area contributed by atoms with Gasteiger partial charge in [0.05, 0.1) is 39.3 Å². The van der Waals surface area contributed by atoms with Gasteiger partial charge in [-0.3, -0.25) is 29.0 Å². The minimum Gasteiger partial charge on any atom is -0.492 e. The van der Waals surface area contributed by atoms with Crippen molar-refractivity contribution in [2.45, 2.75) is 26.7 Å². The van der Waals surface area contributed by atoms with Crippen LogP contribution >= 0.6 is 0 Å². The van der Waals surface area contributed by atoms with Crippen LogP contribution in [-0.4, -0.2) is 125 Å². The van der Waals surface area contributed by atoms with E-state index in [9.17, 15) is 19.2 Å². The summed E-state index contributed by atoms with van der Waals surface area (Å²) in [5.41, 5.74) is 2.50. The summed E-state index contributed by atoms with van der Waals surface area (Å²) in [6.07, 6.45) is 0.513. The number of ether oxygens (including phenoxy) is 6. The summed E-state index contributed by atoms with van der Waals surface area (Å²) in [6, 6.07) is 32.5. The fourth-order valence-corrected chi connectivity index (χ4v) is 5.75. The maximum atomic E-state index is 12.6. The Morgan fingerprint density at radius 3 is 1.12 bits per heavy atom. The van der Waals surface area contributed by atoms with Crippen molar-refractivity contribution in [2.75, 3.05) is 92.1 Å². The van der Waals surface area contributed by atoms with E-state index < -0.39 is 0 Å². The number of nitrogens with zero attached hydrogens (tertiary/aromatic N) is 2. The minimum absolute atomic E-state index is 0.0316. The van der Waals surface area contributed by atoms with Crippen LogP contribution in [-0.2, 0) is 28.5 Å². The molecule has 310 valence electrons. The van der Waals surface area contributed by atoms with E-state index in [0.29, 0.717) is 86.4 Å². The molecular formula is C46H56N2O10. The molecule has 0 aliphatic heterocycles. The number of esters is 2. The zero-order valence-electron chi connectivity index (χ0n) is 33.7. The largest absolute Gasteiger partial charge is 0.492 e. The topological polar surface area (TPSA) is 130 Å². The van der Waals surface area contributed by atoms with E-state index in [-0.39, 0.29) is 62.8 Å². The third kappa shape index (κ3) is 17.0. The first-order valence-corrected chi connectivity index (χ1v) is 19.9. The average Bonchev–Trinajstić information content (AvgIpc) is 3.27. The molecule has 12 nitrogen and oxygen atoms in total. The van der Waals surface area contributed by atoms with Crippen molar-refractivity contribution >= 4 is 23.5 Å². The van der Waals surface area contributed by atoms with Crippen molar-refractivity contribution < 1.29 is 47.6 Å². The Morgan fingerprint density at radius 1 is 0.414 bits per heavy atom. The molecule has 58 heavy (non-hydrogen) atoms. The Hall–Kier alpha value is -5.40. The van der Waals surface area contributed by atoms with Crippen molar-refractivity contribution in [2.24, 2.45) is 0 Å². The molecule has 0 spiro atoms. The summed E-state index contributed by atoms with van der Waals surface area (Å²) in [5, 5.41) is 0. The molecule has 12 heteroatoms. The van der Waals surface area contributed by atoms with Gasteiger partial charge >= 0.3 is 11.9 Å². The highest BCUT2D eigenvalue weighted by atomic mass is 16.6. The van der Waals surface area contributed by atoms with Gasteiger partial charge in [-0.2, -0.15) is 0 Å².